The van der Waals surface area contributed by atoms with Crippen LogP contribution in [0.2, 0.25) is 0 Å². The second kappa shape index (κ2) is 10.7. The van der Waals surface area contributed by atoms with Gasteiger partial charge in [-0.25, -0.2) is 17.9 Å². The molecule has 164 valence electrons. The Hall–Kier alpha value is -1.27. The number of benzene rings is 1. The summed E-state index contributed by atoms with van der Waals surface area (Å²) in [5, 5.41) is 0.303. The van der Waals surface area contributed by atoms with Gasteiger partial charge in [0.15, 0.2) is 16.7 Å². The lowest BCUT2D eigenvalue weighted by Gasteiger charge is -2.23. The Labute approximate surface area is 174 Å². The molecular weight excluding hydrogens is 429 g/mol. The van der Waals surface area contributed by atoms with Gasteiger partial charge < -0.3 is 9.47 Å². The lowest BCUT2D eigenvalue weighted by molar-refractivity contribution is 0.0838. The summed E-state index contributed by atoms with van der Waals surface area (Å²) in [6.07, 6.45) is 1.44. The fraction of sp³-hybridized carbons (Fsp3) is 0.611. The summed E-state index contributed by atoms with van der Waals surface area (Å²) in [5.74, 6) is -3.40. The van der Waals surface area contributed by atoms with Crippen molar-refractivity contribution in [3.63, 3.8) is 0 Å². The van der Waals surface area contributed by atoms with Crippen molar-refractivity contribution in [2.45, 2.75) is 51.9 Å². The lowest BCUT2D eigenvalue weighted by atomic mass is 10.2. The highest BCUT2D eigenvalue weighted by molar-refractivity contribution is 7.87. The van der Waals surface area contributed by atoms with Gasteiger partial charge in [-0.05, 0) is 24.7 Å². The summed E-state index contributed by atoms with van der Waals surface area (Å²) in [4.78, 5) is 0. The third-order valence-electron chi connectivity index (χ3n) is 4.44. The van der Waals surface area contributed by atoms with Gasteiger partial charge in [0.25, 0.3) is 10.2 Å². The van der Waals surface area contributed by atoms with E-state index in [1.54, 1.807) is 6.92 Å². The highest BCUT2D eigenvalue weighted by atomic mass is 32.2. The van der Waals surface area contributed by atoms with Crippen LogP contribution >= 0.6 is 12.2 Å². The third kappa shape index (κ3) is 6.88. The molecule has 0 aromatic heterocycles. The molecule has 1 aromatic rings. The number of nitrogens with one attached hydrogen (secondary N) is 1. The molecule has 1 saturated heterocycles. The second-order valence-corrected chi connectivity index (χ2v) is 9.10. The standard InChI is InChI=1S/C18H25F3N2O4S2/c1-3-4-5-22-29(24,25)23-9-15(27-12(2)28)7-14(23)11-26-10-13-6-17(20)18(21)8-16(13)19/h6,8,14-15,22H,3-5,7,9-11H2,1-2H3/t14-,15+/m0/s1. The van der Waals surface area contributed by atoms with E-state index in [2.05, 4.69) is 4.72 Å². The smallest absolute Gasteiger partial charge is 0.279 e. The molecule has 29 heavy (non-hydrogen) atoms. The highest BCUT2D eigenvalue weighted by Gasteiger charge is 2.40. The average molecular weight is 455 g/mol. The van der Waals surface area contributed by atoms with Gasteiger partial charge in [0.1, 0.15) is 11.9 Å². The zero-order chi connectivity index (χ0) is 21.6. The van der Waals surface area contributed by atoms with Gasteiger partial charge in [-0.1, -0.05) is 13.3 Å². The molecule has 0 amide bonds. The predicted octanol–water partition coefficient (Wildman–Crippen LogP) is 3.06. The Balaban J connectivity index is 2.04. The number of thiocarbonyl (C=S) groups is 1. The second-order valence-electron chi connectivity index (χ2n) is 6.82. The Bertz CT molecular complexity index is 824. The van der Waals surface area contributed by atoms with Gasteiger partial charge in [-0.3, -0.25) is 0 Å². The molecule has 0 spiro atoms. The highest BCUT2D eigenvalue weighted by Crippen LogP contribution is 2.24. The molecule has 11 heteroatoms. The fourth-order valence-corrected chi connectivity index (χ4v) is 4.66. The molecule has 1 fully saturated rings. The Morgan fingerprint density at radius 3 is 2.62 bits per heavy atom. The van der Waals surface area contributed by atoms with Crippen molar-refractivity contribution >= 4 is 27.5 Å². The van der Waals surface area contributed by atoms with Crippen molar-refractivity contribution in [1.29, 1.82) is 0 Å². The molecule has 1 N–H and O–H groups in total. The summed E-state index contributed by atoms with van der Waals surface area (Å²) in [6, 6.07) is 0.605. The van der Waals surface area contributed by atoms with Gasteiger partial charge in [0, 0.05) is 31.5 Å². The van der Waals surface area contributed by atoms with E-state index < -0.39 is 39.8 Å². The first kappa shape index (κ1) is 24.0. The third-order valence-corrected chi connectivity index (χ3v) is 6.17. The molecule has 1 aromatic carbocycles. The van der Waals surface area contributed by atoms with Crippen molar-refractivity contribution in [2.24, 2.45) is 0 Å². The molecule has 2 rings (SSSR count). The van der Waals surface area contributed by atoms with E-state index in [-0.39, 0.29) is 25.3 Å². The summed E-state index contributed by atoms with van der Waals surface area (Å²) >= 11 is 4.93. The fourth-order valence-electron chi connectivity index (χ4n) is 3.05. The van der Waals surface area contributed by atoms with Gasteiger partial charge in [0.05, 0.1) is 25.8 Å². The maximum absolute atomic E-state index is 13.7. The maximum atomic E-state index is 13.7. The Morgan fingerprint density at radius 2 is 1.97 bits per heavy atom. The van der Waals surface area contributed by atoms with Crippen LogP contribution in [0.1, 0.15) is 38.7 Å². The summed E-state index contributed by atoms with van der Waals surface area (Å²) in [5.41, 5.74) is -0.153. The van der Waals surface area contributed by atoms with E-state index >= 15 is 0 Å². The van der Waals surface area contributed by atoms with E-state index in [9.17, 15) is 21.6 Å². The van der Waals surface area contributed by atoms with E-state index in [1.807, 2.05) is 6.92 Å². The van der Waals surface area contributed by atoms with E-state index in [0.29, 0.717) is 30.5 Å². The number of hydrogen-bond acceptors (Lipinski definition) is 5. The quantitative estimate of drug-likeness (QED) is 0.334. The van der Waals surface area contributed by atoms with Crippen LogP contribution in [0, 0.1) is 17.5 Å². The minimum absolute atomic E-state index is 0.0660. The molecule has 0 unspecified atom stereocenters. The first-order valence-electron chi connectivity index (χ1n) is 9.28. The van der Waals surface area contributed by atoms with E-state index in [1.165, 1.54) is 4.31 Å². The van der Waals surface area contributed by atoms with Crippen LogP contribution in [0.25, 0.3) is 0 Å². The number of halogens is 3. The number of hydrogen-bond donors (Lipinski definition) is 1. The molecule has 1 aliphatic heterocycles. The van der Waals surface area contributed by atoms with Gasteiger partial charge in [0.2, 0.25) is 0 Å². The zero-order valence-corrected chi connectivity index (χ0v) is 17.9. The summed E-state index contributed by atoms with van der Waals surface area (Å²) in [7, 11) is -3.77. The molecule has 0 aliphatic carbocycles. The van der Waals surface area contributed by atoms with Gasteiger partial charge >= 0.3 is 0 Å². The Kier molecular flexibility index (Phi) is 8.83. The number of rotatable bonds is 10. The summed E-state index contributed by atoms with van der Waals surface area (Å²) < 4.78 is 80.1. The SMILES string of the molecule is CCCCNS(=O)(=O)N1C[C@H](OC(C)=S)C[C@H]1COCc1cc(F)c(F)cc1F. The maximum Gasteiger partial charge on any atom is 0.279 e. The largest absolute Gasteiger partial charge is 0.483 e. The molecule has 0 radical (unpaired) electrons. The topological polar surface area (TPSA) is 67.9 Å². The molecule has 6 nitrogen and oxygen atoms in total. The molecule has 2 atom stereocenters. The lowest BCUT2D eigenvalue weighted by Crippen LogP contribution is -2.45. The normalized spacial score (nSPS) is 20.2. The van der Waals surface area contributed by atoms with Crippen molar-refractivity contribution in [1.82, 2.24) is 9.03 Å². The average Bonchev–Trinajstić information content (AvgIpc) is 3.02. The molecular formula is C18H25F3N2O4S2. The summed E-state index contributed by atoms with van der Waals surface area (Å²) in [6.45, 7) is 3.56. The molecule has 1 aliphatic rings. The van der Waals surface area contributed by atoms with Gasteiger partial charge in [-0.15, -0.1) is 0 Å². The molecule has 0 bridgehead atoms. The minimum Gasteiger partial charge on any atom is -0.483 e. The number of ether oxygens (including phenoxy) is 2. The van der Waals surface area contributed by atoms with Crippen LogP contribution in [0.4, 0.5) is 13.2 Å². The Morgan fingerprint density at radius 1 is 1.28 bits per heavy atom. The van der Waals surface area contributed by atoms with Crippen LogP contribution in [0.15, 0.2) is 12.1 Å². The first-order valence-corrected chi connectivity index (χ1v) is 11.1. The van der Waals surface area contributed by atoms with Crippen LogP contribution in [0.5, 0.6) is 0 Å². The van der Waals surface area contributed by atoms with Crippen LogP contribution in [0.3, 0.4) is 0 Å². The van der Waals surface area contributed by atoms with Crippen molar-refractivity contribution < 1.29 is 31.1 Å². The molecule has 1 heterocycles. The monoisotopic (exact) mass is 454 g/mol. The van der Waals surface area contributed by atoms with Crippen molar-refractivity contribution in [3.8, 4) is 0 Å². The predicted molar refractivity (Wildman–Crippen MR) is 106 cm³/mol. The van der Waals surface area contributed by atoms with Crippen molar-refractivity contribution in [2.75, 3.05) is 19.7 Å². The number of unbranched alkanes of at least 4 members (excludes halogenated alkanes) is 1. The van der Waals surface area contributed by atoms with Crippen LogP contribution < -0.4 is 4.72 Å². The van der Waals surface area contributed by atoms with E-state index in [4.69, 9.17) is 21.7 Å². The first-order chi connectivity index (χ1) is 13.6. The molecule has 0 saturated carbocycles. The van der Waals surface area contributed by atoms with Crippen LogP contribution in [-0.4, -0.2) is 49.6 Å². The van der Waals surface area contributed by atoms with Gasteiger partial charge in [-0.2, -0.15) is 12.7 Å². The zero-order valence-electron chi connectivity index (χ0n) is 16.3. The minimum atomic E-state index is -3.77. The van der Waals surface area contributed by atoms with Crippen LogP contribution in [-0.2, 0) is 26.3 Å². The number of nitrogens with zero attached hydrogens (tertiary/aromatic N) is 1. The van der Waals surface area contributed by atoms with E-state index in [0.717, 1.165) is 12.5 Å². The van der Waals surface area contributed by atoms with Crippen molar-refractivity contribution in [3.05, 3.63) is 35.1 Å².